The van der Waals surface area contributed by atoms with Crippen LogP contribution < -0.4 is 11.1 Å². The number of para-hydroxylation sites is 1. The van der Waals surface area contributed by atoms with Gasteiger partial charge in [0.15, 0.2) is 0 Å². The van der Waals surface area contributed by atoms with Crippen molar-refractivity contribution in [2.24, 2.45) is 0 Å². The molecule has 0 atom stereocenters. The second kappa shape index (κ2) is 5.51. The molecule has 98 valence electrons. The molecule has 1 amide bonds. The normalized spacial score (nSPS) is 10.3. The van der Waals surface area contributed by atoms with E-state index in [9.17, 15) is 4.79 Å². The summed E-state index contributed by atoms with van der Waals surface area (Å²) in [6.07, 6.45) is 0. The minimum Gasteiger partial charge on any atom is -0.399 e. The summed E-state index contributed by atoms with van der Waals surface area (Å²) in [5.74, 6) is -0.301. The molecule has 2 aromatic rings. The molecule has 0 unspecified atom stereocenters. The van der Waals surface area contributed by atoms with Crippen LogP contribution in [0.4, 0.5) is 11.4 Å². The third kappa shape index (κ3) is 3.19. The molecule has 0 radical (unpaired) electrons. The van der Waals surface area contributed by atoms with E-state index in [4.69, 9.17) is 28.9 Å². The Hall–Kier alpha value is -1.71. The number of amides is 1. The molecule has 0 aliphatic rings. The lowest BCUT2D eigenvalue weighted by Gasteiger charge is -2.10. The zero-order valence-corrected chi connectivity index (χ0v) is 11.7. The van der Waals surface area contributed by atoms with E-state index in [1.807, 2.05) is 19.1 Å². The highest BCUT2D eigenvalue weighted by atomic mass is 35.5. The topological polar surface area (TPSA) is 55.1 Å². The van der Waals surface area contributed by atoms with E-state index in [2.05, 4.69) is 5.32 Å². The van der Waals surface area contributed by atoms with Crippen LogP contribution in [0.25, 0.3) is 0 Å². The van der Waals surface area contributed by atoms with Gasteiger partial charge in [0.2, 0.25) is 0 Å². The maximum Gasteiger partial charge on any atom is 0.255 e. The second-order valence-electron chi connectivity index (χ2n) is 4.16. The number of aryl methyl sites for hydroxylation is 1. The van der Waals surface area contributed by atoms with Crippen LogP contribution in [0.2, 0.25) is 10.0 Å². The van der Waals surface area contributed by atoms with E-state index >= 15 is 0 Å². The number of nitrogens with one attached hydrogen (secondary N) is 1. The Kier molecular flexibility index (Phi) is 3.98. The highest BCUT2D eigenvalue weighted by Gasteiger charge is 2.11. The van der Waals surface area contributed by atoms with Crippen molar-refractivity contribution in [1.82, 2.24) is 0 Å². The summed E-state index contributed by atoms with van der Waals surface area (Å²) in [5.41, 5.74) is 7.97. The zero-order valence-electron chi connectivity index (χ0n) is 10.2. The van der Waals surface area contributed by atoms with Crippen LogP contribution in [0.5, 0.6) is 0 Å². The summed E-state index contributed by atoms with van der Waals surface area (Å²) in [6.45, 7) is 1.87. The average molecular weight is 295 g/mol. The quantitative estimate of drug-likeness (QED) is 0.818. The summed E-state index contributed by atoms with van der Waals surface area (Å²) < 4.78 is 0. The standard InChI is InChI=1S/C14H12Cl2N2O/c1-8-3-2-4-12(16)13(8)18-14(19)9-5-10(15)7-11(17)6-9/h2-7H,17H2,1H3,(H,18,19). The molecule has 3 N–H and O–H groups in total. The molecular weight excluding hydrogens is 283 g/mol. The highest BCUT2D eigenvalue weighted by molar-refractivity contribution is 6.34. The van der Waals surface area contributed by atoms with Crippen molar-refractivity contribution in [3.63, 3.8) is 0 Å². The van der Waals surface area contributed by atoms with Crippen LogP contribution in [0.3, 0.4) is 0 Å². The second-order valence-corrected chi connectivity index (χ2v) is 5.00. The Morgan fingerprint density at radius 2 is 1.95 bits per heavy atom. The monoisotopic (exact) mass is 294 g/mol. The predicted molar refractivity (Wildman–Crippen MR) is 80.0 cm³/mol. The van der Waals surface area contributed by atoms with Gasteiger partial charge in [-0.15, -0.1) is 0 Å². The predicted octanol–water partition coefficient (Wildman–Crippen LogP) is 4.14. The van der Waals surface area contributed by atoms with Gasteiger partial charge in [0.1, 0.15) is 0 Å². The van der Waals surface area contributed by atoms with Gasteiger partial charge >= 0.3 is 0 Å². The molecule has 0 aliphatic heterocycles. The molecule has 0 spiro atoms. The fourth-order valence-electron chi connectivity index (χ4n) is 1.72. The SMILES string of the molecule is Cc1cccc(Cl)c1NC(=O)c1cc(N)cc(Cl)c1. The number of carbonyl (C=O) groups excluding carboxylic acids is 1. The first-order chi connectivity index (χ1) is 8.97. The van der Waals surface area contributed by atoms with Crippen molar-refractivity contribution in [2.45, 2.75) is 6.92 Å². The van der Waals surface area contributed by atoms with Crippen molar-refractivity contribution < 1.29 is 4.79 Å². The Labute approximate surface area is 121 Å². The molecule has 0 bridgehead atoms. The summed E-state index contributed by atoms with van der Waals surface area (Å²) in [7, 11) is 0. The van der Waals surface area contributed by atoms with Crippen LogP contribution in [0.1, 0.15) is 15.9 Å². The Morgan fingerprint density at radius 1 is 1.21 bits per heavy atom. The smallest absolute Gasteiger partial charge is 0.255 e. The zero-order chi connectivity index (χ0) is 14.0. The fraction of sp³-hybridized carbons (Fsp3) is 0.0714. The minimum atomic E-state index is -0.301. The van der Waals surface area contributed by atoms with Crippen molar-refractivity contribution in [3.8, 4) is 0 Å². The molecule has 0 heterocycles. The summed E-state index contributed by atoms with van der Waals surface area (Å²) >= 11 is 11.9. The van der Waals surface area contributed by atoms with Gasteiger partial charge in [-0.05, 0) is 36.8 Å². The number of hydrogen-bond donors (Lipinski definition) is 2. The maximum absolute atomic E-state index is 12.1. The van der Waals surface area contributed by atoms with Gasteiger partial charge in [0.05, 0.1) is 10.7 Å². The van der Waals surface area contributed by atoms with Crippen molar-refractivity contribution >= 4 is 40.5 Å². The third-order valence-electron chi connectivity index (χ3n) is 2.64. The van der Waals surface area contributed by atoms with Gasteiger partial charge in [-0.3, -0.25) is 4.79 Å². The Morgan fingerprint density at radius 3 is 2.58 bits per heavy atom. The molecule has 0 fully saturated rings. The van der Waals surface area contributed by atoms with E-state index < -0.39 is 0 Å². The van der Waals surface area contributed by atoms with E-state index in [0.29, 0.717) is 27.0 Å². The van der Waals surface area contributed by atoms with Gasteiger partial charge in [-0.25, -0.2) is 0 Å². The van der Waals surface area contributed by atoms with Gasteiger partial charge in [0.25, 0.3) is 5.91 Å². The molecule has 2 rings (SSSR count). The lowest BCUT2D eigenvalue weighted by Crippen LogP contribution is -2.13. The van der Waals surface area contributed by atoms with Crippen molar-refractivity contribution in [1.29, 1.82) is 0 Å². The Balaban J connectivity index is 2.31. The number of halogens is 2. The molecule has 0 aromatic heterocycles. The van der Waals surface area contributed by atoms with E-state index in [0.717, 1.165) is 5.56 Å². The number of nitrogen functional groups attached to an aromatic ring is 1. The molecule has 0 saturated carbocycles. The molecule has 19 heavy (non-hydrogen) atoms. The van der Waals surface area contributed by atoms with Crippen LogP contribution in [0.15, 0.2) is 36.4 Å². The van der Waals surface area contributed by atoms with E-state index in [-0.39, 0.29) is 5.91 Å². The first-order valence-corrected chi connectivity index (χ1v) is 6.35. The molecule has 0 saturated heterocycles. The van der Waals surface area contributed by atoms with Gasteiger partial charge < -0.3 is 11.1 Å². The number of rotatable bonds is 2. The van der Waals surface area contributed by atoms with Gasteiger partial charge in [0, 0.05) is 16.3 Å². The number of carbonyl (C=O) groups is 1. The number of anilines is 2. The van der Waals surface area contributed by atoms with Crippen LogP contribution in [-0.4, -0.2) is 5.91 Å². The number of hydrogen-bond acceptors (Lipinski definition) is 2. The molecule has 5 heteroatoms. The summed E-state index contributed by atoms with van der Waals surface area (Å²) in [6, 6.07) is 10.1. The molecular formula is C14H12Cl2N2O. The third-order valence-corrected chi connectivity index (χ3v) is 3.18. The summed E-state index contributed by atoms with van der Waals surface area (Å²) in [5, 5.41) is 3.67. The maximum atomic E-state index is 12.1. The average Bonchev–Trinajstić information content (AvgIpc) is 2.32. The van der Waals surface area contributed by atoms with Gasteiger partial charge in [-0.1, -0.05) is 35.3 Å². The lowest BCUT2D eigenvalue weighted by atomic mass is 10.1. The molecule has 3 nitrogen and oxygen atoms in total. The van der Waals surface area contributed by atoms with E-state index in [1.165, 1.54) is 0 Å². The largest absolute Gasteiger partial charge is 0.399 e. The first kappa shape index (κ1) is 13.7. The molecule has 2 aromatic carbocycles. The number of nitrogens with two attached hydrogens (primary N) is 1. The van der Waals surface area contributed by atoms with Gasteiger partial charge in [-0.2, -0.15) is 0 Å². The van der Waals surface area contributed by atoms with Crippen molar-refractivity contribution in [3.05, 3.63) is 57.6 Å². The van der Waals surface area contributed by atoms with Crippen LogP contribution in [0, 0.1) is 6.92 Å². The Bertz CT molecular complexity index is 601. The van der Waals surface area contributed by atoms with Crippen LogP contribution in [-0.2, 0) is 0 Å². The highest BCUT2D eigenvalue weighted by Crippen LogP contribution is 2.26. The molecule has 0 aliphatic carbocycles. The van der Waals surface area contributed by atoms with E-state index in [1.54, 1.807) is 24.3 Å². The van der Waals surface area contributed by atoms with Crippen molar-refractivity contribution in [2.75, 3.05) is 11.1 Å². The minimum absolute atomic E-state index is 0.301. The lowest BCUT2D eigenvalue weighted by molar-refractivity contribution is 0.102. The fourth-order valence-corrected chi connectivity index (χ4v) is 2.23. The summed E-state index contributed by atoms with van der Waals surface area (Å²) in [4.78, 5) is 12.1. The first-order valence-electron chi connectivity index (χ1n) is 5.60. The van der Waals surface area contributed by atoms with Crippen LogP contribution >= 0.6 is 23.2 Å². The number of benzene rings is 2.